The van der Waals surface area contributed by atoms with Crippen LogP contribution in [0.1, 0.15) is 19.4 Å². The van der Waals surface area contributed by atoms with Crippen molar-refractivity contribution in [3.05, 3.63) is 35.6 Å². The predicted octanol–water partition coefficient (Wildman–Crippen LogP) is 2.38. The molecule has 0 radical (unpaired) electrons. The fraction of sp³-hybridized carbons (Fsp3) is 0.533. The first kappa shape index (κ1) is 16.9. The maximum absolute atomic E-state index is 12.8. The molecule has 0 bridgehead atoms. The summed E-state index contributed by atoms with van der Waals surface area (Å²) in [7, 11) is 4.12. The van der Waals surface area contributed by atoms with Gasteiger partial charge in [-0.05, 0) is 49.4 Å². The normalized spacial score (nSPS) is 11.5. The lowest BCUT2D eigenvalue weighted by atomic mass is 9.93. The Bertz CT molecular complexity index is 429. The monoisotopic (exact) mass is 297 g/mol. The molecule has 0 amide bonds. The minimum atomic E-state index is -0.222. The zero-order valence-corrected chi connectivity index (χ0v) is 13.5. The molecule has 0 aliphatic heterocycles. The van der Waals surface area contributed by atoms with Gasteiger partial charge in [0.25, 0.3) is 0 Å². The van der Waals surface area contributed by atoms with Gasteiger partial charge in [-0.3, -0.25) is 0 Å². The summed E-state index contributed by atoms with van der Waals surface area (Å²) in [5.74, 6) is -0.222. The van der Waals surface area contributed by atoms with Crippen molar-refractivity contribution in [2.45, 2.75) is 20.4 Å². The first-order valence-electron chi connectivity index (χ1n) is 6.69. The van der Waals surface area contributed by atoms with E-state index in [2.05, 4.69) is 43.5 Å². The van der Waals surface area contributed by atoms with Crippen LogP contribution in [0.3, 0.4) is 0 Å². The van der Waals surface area contributed by atoms with Crippen LogP contribution in [-0.2, 0) is 6.54 Å². The van der Waals surface area contributed by atoms with Crippen molar-refractivity contribution in [2.75, 3.05) is 27.2 Å². The van der Waals surface area contributed by atoms with Gasteiger partial charge in [-0.1, -0.05) is 26.0 Å². The fourth-order valence-electron chi connectivity index (χ4n) is 2.08. The van der Waals surface area contributed by atoms with E-state index < -0.39 is 0 Å². The van der Waals surface area contributed by atoms with E-state index in [4.69, 9.17) is 12.2 Å². The summed E-state index contributed by atoms with van der Waals surface area (Å²) < 4.78 is 12.8. The zero-order valence-electron chi connectivity index (χ0n) is 12.7. The minimum Gasteiger partial charge on any atom is -0.362 e. The van der Waals surface area contributed by atoms with Crippen molar-refractivity contribution >= 4 is 17.3 Å². The van der Waals surface area contributed by atoms with Crippen molar-refractivity contribution in [3.8, 4) is 0 Å². The van der Waals surface area contributed by atoms with Crippen LogP contribution in [0.4, 0.5) is 4.39 Å². The Balaban J connectivity index is 2.32. The first-order valence-corrected chi connectivity index (χ1v) is 7.10. The number of nitrogens with zero attached hydrogens (tertiary/aromatic N) is 1. The SMILES string of the molecule is CN(C)CC(C)(C)CNC(=S)NCc1ccc(F)cc1. The zero-order chi connectivity index (χ0) is 15.2. The summed E-state index contributed by atoms with van der Waals surface area (Å²) >= 11 is 5.25. The smallest absolute Gasteiger partial charge is 0.166 e. The van der Waals surface area contributed by atoms with E-state index in [9.17, 15) is 4.39 Å². The number of rotatable bonds is 6. The molecule has 0 aromatic heterocycles. The van der Waals surface area contributed by atoms with E-state index >= 15 is 0 Å². The molecule has 0 saturated heterocycles. The van der Waals surface area contributed by atoms with Gasteiger partial charge in [0.2, 0.25) is 0 Å². The van der Waals surface area contributed by atoms with E-state index in [1.165, 1.54) is 12.1 Å². The number of thiocarbonyl (C=S) groups is 1. The van der Waals surface area contributed by atoms with Gasteiger partial charge in [-0.15, -0.1) is 0 Å². The van der Waals surface area contributed by atoms with Crippen LogP contribution in [-0.4, -0.2) is 37.2 Å². The van der Waals surface area contributed by atoms with Crippen LogP contribution in [0.5, 0.6) is 0 Å². The molecule has 20 heavy (non-hydrogen) atoms. The van der Waals surface area contributed by atoms with Crippen LogP contribution >= 0.6 is 12.2 Å². The van der Waals surface area contributed by atoms with Gasteiger partial charge in [-0.25, -0.2) is 4.39 Å². The molecule has 0 atom stereocenters. The quantitative estimate of drug-likeness (QED) is 0.788. The Morgan fingerprint density at radius 3 is 2.35 bits per heavy atom. The third kappa shape index (κ3) is 6.82. The fourth-order valence-corrected chi connectivity index (χ4v) is 2.22. The van der Waals surface area contributed by atoms with Gasteiger partial charge in [0, 0.05) is 19.6 Å². The average Bonchev–Trinajstić information content (AvgIpc) is 2.34. The van der Waals surface area contributed by atoms with E-state index in [-0.39, 0.29) is 11.2 Å². The second kappa shape index (κ2) is 7.55. The maximum Gasteiger partial charge on any atom is 0.166 e. The molecule has 5 heteroatoms. The largest absolute Gasteiger partial charge is 0.362 e. The predicted molar refractivity (Wildman–Crippen MR) is 86.2 cm³/mol. The summed E-state index contributed by atoms with van der Waals surface area (Å²) in [6.07, 6.45) is 0. The number of hydrogen-bond acceptors (Lipinski definition) is 2. The molecular formula is C15H24FN3S. The Kier molecular flexibility index (Phi) is 6.36. The Labute approximate surface area is 126 Å². The van der Waals surface area contributed by atoms with Crippen LogP contribution in [0.2, 0.25) is 0 Å². The molecule has 1 aromatic rings. The van der Waals surface area contributed by atoms with Gasteiger partial charge < -0.3 is 15.5 Å². The van der Waals surface area contributed by atoms with Gasteiger partial charge in [0.1, 0.15) is 5.82 Å². The second-order valence-electron chi connectivity index (χ2n) is 6.06. The van der Waals surface area contributed by atoms with Crippen molar-refractivity contribution in [3.63, 3.8) is 0 Å². The Hall–Kier alpha value is -1.20. The van der Waals surface area contributed by atoms with Crippen LogP contribution in [0, 0.1) is 11.2 Å². The summed E-state index contributed by atoms with van der Waals surface area (Å²) in [5.41, 5.74) is 1.15. The topological polar surface area (TPSA) is 27.3 Å². The summed E-state index contributed by atoms with van der Waals surface area (Å²) in [6, 6.07) is 6.41. The lowest BCUT2D eigenvalue weighted by Crippen LogP contribution is -2.43. The highest BCUT2D eigenvalue weighted by atomic mass is 32.1. The number of halogens is 1. The molecular weight excluding hydrogens is 273 g/mol. The molecule has 112 valence electrons. The highest BCUT2D eigenvalue weighted by molar-refractivity contribution is 7.80. The molecule has 0 fully saturated rings. The van der Waals surface area contributed by atoms with Crippen molar-refractivity contribution in [1.82, 2.24) is 15.5 Å². The molecule has 0 aliphatic rings. The minimum absolute atomic E-state index is 0.144. The highest BCUT2D eigenvalue weighted by Gasteiger charge is 2.18. The summed E-state index contributed by atoms with van der Waals surface area (Å²) in [4.78, 5) is 2.16. The molecule has 2 N–H and O–H groups in total. The van der Waals surface area contributed by atoms with Crippen LogP contribution in [0.15, 0.2) is 24.3 Å². The standard InChI is InChI=1S/C15H24FN3S/c1-15(2,11-19(3)4)10-18-14(20)17-9-12-5-7-13(16)8-6-12/h5-8H,9-11H2,1-4H3,(H2,17,18,20). The van der Waals surface area contributed by atoms with E-state index in [1.54, 1.807) is 12.1 Å². The first-order chi connectivity index (χ1) is 9.28. The Morgan fingerprint density at radius 1 is 1.20 bits per heavy atom. The number of benzene rings is 1. The Morgan fingerprint density at radius 2 is 1.80 bits per heavy atom. The van der Waals surface area contributed by atoms with Gasteiger partial charge in [-0.2, -0.15) is 0 Å². The summed E-state index contributed by atoms with van der Waals surface area (Å²) in [6.45, 7) is 6.78. The van der Waals surface area contributed by atoms with E-state index in [0.717, 1.165) is 18.7 Å². The van der Waals surface area contributed by atoms with Crippen LogP contribution < -0.4 is 10.6 Å². The molecule has 1 aromatic carbocycles. The molecule has 1 rings (SSSR count). The summed E-state index contributed by atoms with van der Waals surface area (Å²) in [5, 5.41) is 6.98. The third-order valence-electron chi connectivity index (χ3n) is 2.84. The number of hydrogen-bond donors (Lipinski definition) is 2. The third-order valence-corrected chi connectivity index (χ3v) is 3.13. The highest BCUT2D eigenvalue weighted by Crippen LogP contribution is 2.13. The molecule has 0 saturated carbocycles. The lowest BCUT2D eigenvalue weighted by molar-refractivity contribution is 0.241. The van der Waals surface area contributed by atoms with Crippen LogP contribution in [0.25, 0.3) is 0 Å². The van der Waals surface area contributed by atoms with Gasteiger partial charge >= 0.3 is 0 Å². The van der Waals surface area contributed by atoms with Crippen molar-refractivity contribution in [2.24, 2.45) is 5.41 Å². The van der Waals surface area contributed by atoms with E-state index in [0.29, 0.717) is 11.7 Å². The molecule has 0 spiro atoms. The lowest BCUT2D eigenvalue weighted by Gasteiger charge is -2.29. The van der Waals surface area contributed by atoms with Gasteiger partial charge in [0.05, 0.1) is 0 Å². The molecule has 3 nitrogen and oxygen atoms in total. The number of nitrogens with one attached hydrogen (secondary N) is 2. The second-order valence-corrected chi connectivity index (χ2v) is 6.47. The maximum atomic E-state index is 12.8. The molecule has 0 aliphatic carbocycles. The van der Waals surface area contributed by atoms with Gasteiger partial charge in [0.15, 0.2) is 5.11 Å². The van der Waals surface area contributed by atoms with E-state index in [1.807, 2.05) is 0 Å². The van der Waals surface area contributed by atoms with Crippen molar-refractivity contribution in [1.29, 1.82) is 0 Å². The average molecular weight is 297 g/mol. The molecule has 0 heterocycles. The van der Waals surface area contributed by atoms with Crippen molar-refractivity contribution < 1.29 is 4.39 Å². The molecule has 0 unspecified atom stereocenters.